The summed E-state index contributed by atoms with van der Waals surface area (Å²) in [4.78, 5) is 0. The van der Waals surface area contributed by atoms with Gasteiger partial charge in [0.05, 0.1) is 27.2 Å². The molecule has 0 N–H and O–H groups in total. The van der Waals surface area contributed by atoms with Crippen LogP contribution in [0.15, 0.2) is 0 Å². The largest absolute Gasteiger partial charge is 1.00 e. The number of nitrogens with zero attached hydrogens (tertiary/aromatic N) is 1. The Morgan fingerprint density at radius 3 is 1.26 bits per heavy atom. The SMILES string of the molecule is CCCCCCCC[N+](C)(C)CCCCCCC.O=S(=O)([O-])[O-].[H+]. The van der Waals surface area contributed by atoms with Crippen molar-refractivity contribution in [1.29, 1.82) is 0 Å². The van der Waals surface area contributed by atoms with Gasteiger partial charge in [0, 0.05) is 10.4 Å². The molecule has 0 atom stereocenters. The fourth-order valence-corrected chi connectivity index (χ4v) is 2.58. The van der Waals surface area contributed by atoms with Gasteiger partial charge in [-0.25, -0.2) is 0 Å². The Kier molecular flexibility index (Phi) is 16.7. The predicted molar refractivity (Wildman–Crippen MR) is 95.6 cm³/mol. The van der Waals surface area contributed by atoms with E-state index >= 15 is 0 Å². The molecule has 6 heteroatoms. The maximum Gasteiger partial charge on any atom is 1.00 e. The Morgan fingerprint density at radius 1 is 0.696 bits per heavy atom. The molecule has 0 aromatic carbocycles. The van der Waals surface area contributed by atoms with Crippen LogP contribution in [0.25, 0.3) is 0 Å². The molecule has 0 aliphatic rings. The zero-order valence-electron chi connectivity index (χ0n) is 16.7. The second-order valence-electron chi connectivity index (χ2n) is 6.97. The van der Waals surface area contributed by atoms with Gasteiger partial charge in [0.15, 0.2) is 0 Å². The van der Waals surface area contributed by atoms with Crippen molar-refractivity contribution in [1.82, 2.24) is 0 Å². The lowest BCUT2D eigenvalue weighted by Crippen LogP contribution is -2.41. The molecule has 0 aliphatic heterocycles. The summed E-state index contributed by atoms with van der Waals surface area (Å²) in [5, 5.41) is 0. The minimum Gasteiger partial charge on any atom is -0.759 e. The van der Waals surface area contributed by atoms with Crippen molar-refractivity contribution in [3.8, 4) is 0 Å². The average molecular weight is 354 g/mol. The van der Waals surface area contributed by atoms with Gasteiger partial charge in [-0.2, -0.15) is 0 Å². The molecule has 0 amide bonds. The van der Waals surface area contributed by atoms with E-state index in [-0.39, 0.29) is 1.43 Å². The Hall–Kier alpha value is -0.170. The molecule has 0 saturated carbocycles. The van der Waals surface area contributed by atoms with Gasteiger partial charge < -0.3 is 13.6 Å². The van der Waals surface area contributed by atoms with Gasteiger partial charge in [0.2, 0.25) is 0 Å². The van der Waals surface area contributed by atoms with E-state index in [1.165, 1.54) is 88.2 Å². The van der Waals surface area contributed by atoms with E-state index in [4.69, 9.17) is 17.5 Å². The Balaban J connectivity index is -0.000000639. The smallest absolute Gasteiger partial charge is 0.759 e. The molecule has 0 aromatic rings. The van der Waals surface area contributed by atoms with Crippen LogP contribution in [0.2, 0.25) is 0 Å². The molecule has 0 radical (unpaired) electrons. The summed E-state index contributed by atoms with van der Waals surface area (Å²) in [5.41, 5.74) is 0. The molecule has 0 fully saturated rings. The lowest BCUT2D eigenvalue weighted by molar-refractivity contribution is -0.890. The predicted octanol–water partition coefficient (Wildman–Crippen LogP) is 4.17. The minimum atomic E-state index is -5.17. The number of unbranched alkanes of at least 4 members (excludes halogenated alkanes) is 9. The maximum absolute atomic E-state index is 8.52. The molecule has 0 spiro atoms. The van der Waals surface area contributed by atoms with Crippen molar-refractivity contribution < 1.29 is 23.4 Å². The highest BCUT2D eigenvalue weighted by molar-refractivity contribution is 7.79. The first kappa shape index (κ1) is 25.1. The van der Waals surface area contributed by atoms with Gasteiger partial charge in [-0.05, 0) is 25.7 Å². The summed E-state index contributed by atoms with van der Waals surface area (Å²) in [6.45, 7) is 7.33. The van der Waals surface area contributed by atoms with Gasteiger partial charge in [-0.1, -0.05) is 58.8 Å². The van der Waals surface area contributed by atoms with Crippen molar-refractivity contribution >= 4 is 10.4 Å². The Morgan fingerprint density at radius 2 is 0.957 bits per heavy atom. The summed E-state index contributed by atoms with van der Waals surface area (Å²) in [5.74, 6) is 0. The normalized spacial score (nSPS) is 11.9. The van der Waals surface area contributed by atoms with E-state index in [9.17, 15) is 0 Å². The van der Waals surface area contributed by atoms with Gasteiger partial charge in [-0.15, -0.1) is 0 Å². The summed E-state index contributed by atoms with van der Waals surface area (Å²) < 4.78 is 35.3. The summed E-state index contributed by atoms with van der Waals surface area (Å²) in [6, 6.07) is 0. The number of quaternary nitrogens is 1. The van der Waals surface area contributed by atoms with E-state index in [0.717, 1.165) is 0 Å². The third-order valence-corrected chi connectivity index (χ3v) is 3.98. The maximum atomic E-state index is 8.52. The van der Waals surface area contributed by atoms with Crippen molar-refractivity contribution in [2.75, 3.05) is 27.2 Å². The molecular weight excluding hydrogens is 314 g/mol. The fourth-order valence-electron chi connectivity index (χ4n) is 2.58. The van der Waals surface area contributed by atoms with Crippen molar-refractivity contribution in [3.63, 3.8) is 0 Å². The quantitative estimate of drug-likeness (QED) is 0.215. The van der Waals surface area contributed by atoms with Crippen LogP contribution in [0.5, 0.6) is 0 Å². The van der Waals surface area contributed by atoms with Crippen molar-refractivity contribution in [2.45, 2.75) is 84.5 Å². The average Bonchev–Trinajstić information content (AvgIpc) is 2.40. The standard InChI is InChI=1S/C17H38N.H2O4S/c1-5-7-9-11-13-15-17-18(3,4)16-14-12-10-8-6-2;1-5(2,3)4/h5-17H2,1-4H3;(H2,1,2,3,4)/q+1;/p-1. The number of hydrogen-bond donors (Lipinski definition) is 0. The Bertz CT molecular complexity index is 340. The van der Waals surface area contributed by atoms with E-state index < -0.39 is 10.4 Å². The van der Waals surface area contributed by atoms with Crippen molar-refractivity contribution in [2.24, 2.45) is 0 Å². The highest BCUT2D eigenvalue weighted by Gasteiger charge is 2.13. The van der Waals surface area contributed by atoms with E-state index in [2.05, 4.69) is 27.9 Å². The van der Waals surface area contributed by atoms with Crippen LogP contribution in [0.1, 0.15) is 85.9 Å². The minimum absolute atomic E-state index is 0. The fraction of sp³-hybridized carbons (Fsp3) is 1.00. The molecule has 0 aliphatic carbocycles. The summed E-state index contributed by atoms with van der Waals surface area (Å²) >= 11 is 0. The van der Waals surface area contributed by atoms with Gasteiger partial charge in [0.1, 0.15) is 0 Å². The van der Waals surface area contributed by atoms with Gasteiger partial charge in [0.25, 0.3) is 0 Å². The first-order valence-corrected chi connectivity index (χ1v) is 10.4. The van der Waals surface area contributed by atoms with Crippen LogP contribution in [-0.4, -0.2) is 49.2 Å². The first-order valence-electron chi connectivity index (χ1n) is 9.11. The highest BCUT2D eigenvalue weighted by Crippen LogP contribution is 2.10. The zero-order valence-corrected chi connectivity index (χ0v) is 16.5. The molecule has 142 valence electrons. The second kappa shape index (κ2) is 15.4. The zero-order chi connectivity index (χ0) is 18.2. The molecule has 5 nitrogen and oxygen atoms in total. The summed E-state index contributed by atoms with van der Waals surface area (Å²) in [6.07, 6.45) is 15.6. The van der Waals surface area contributed by atoms with Crippen LogP contribution >= 0.6 is 0 Å². The molecule has 0 unspecified atom stereocenters. The monoisotopic (exact) mass is 353 g/mol. The topological polar surface area (TPSA) is 80.3 Å². The first-order chi connectivity index (χ1) is 10.6. The second-order valence-corrected chi connectivity index (χ2v) is 7.79. The third-order valence-electron chi connectivity index (χ3n) is 3.98. The van der Waals surface area contributed by atoms with E-state index in [1.54, 1.807) is 0 Å². The third kappa shape index (κ3) is 30.3. The Labute approximate surface area is 146 Å². The number of rotatable bonds is 13. The molecule has 0 heterocycles. The highest BCUT2D eigenvalue weighted by atomic mass is 32.3. The lowest BCUT2D eigenvalue weighted by Gasteiger charge is -2.30. The molecule has 0 rings (SSSR count). The molecule has 23 heavy (non-hydrogen) atoms. The molecule has 0 aromatic heterocycles. The number of hydrogen-bond acceptors (Lipinski definition) is 4. The lowest BCUT2D eigenvalue weighted by atomic mass is 10.1. The van der Waals surface area contributed by atoms with Crippen LogP contribution in [-0.2, 0) is 10.4 Å². The molecule has 0 saturated heterocycles. The van der Waals surface area contributed by atoms with E-state index in [0.29, 0.717) is 0 Å². The van der Waals surface area contributed by atoms with Crippen LogP contribution in [0.4, 0.5) is 0 Å². The van der Waals surface area contributed by atoms with E-state index in [1.807, 2.05) is 0 Å². The van der Waals surface area contributed by atoms with Gasteiger partial charge in [-0.3, -0.25) is 8.42 Å². The summed E-state index contributed by atoms with van der Waals surface area (Å²) in [7, 11) is -0.349. The molecule has 0 bridgehead atoms. The molecular formula is C17H39NO4S. The van der Waals surface area contributed by atoms with Gasteiger partial charge >= 0.3 is 1.43 Å². The van der Waals surface area contributed by atoms with Crippen LogP contribution in [0, 0.1) is 0 Å². The van der Waals surface area contributed by atoms with Crippen molar-refractivity contribution in [3.05, 3.63) is 0 Å². The van der Waals surface area contributed by atoms with Crippen LogP contribution in [0.3, 0.4) is 0 Å². The van der Waals surface area contributed by atoms with Crippen LogP contribution < -0.4 is 0 Å².